The van der Waals surface area contributed by atoms with Gasteiger partial charge in [-0.05, 0) is 43.4 Å². The molecule has 0 aliphatic heterocycles. The zero-order valence-electron chi connectivity index (χ0n) is 13.4. The second-order valence-corrected chi connectivity index (χ2v) is 6.29. The van der Waals surface area contributed by atoms with Crippen molar-refractivity contribution in [2.45, 2.75) is 44.1 Å². The molecule has 0 fully saturated rings. The lowest BCUT2D eigenvalue weighted by molar-refractivity contribution is 0.370. The molecule has 2 heteroatoms. The topological polar surface area (TPSA) is 52.0 Å². The lowest BCUT2D eigenvalue weighted by atomic mass is 9.81. The second kappa shape index (κ2) is 8.72. The molecule has 0 heterocycles. The molecule has 22 heavy (non-hydrogen) atoms. The predicted octanol–water partition coefficient (Wildman–Crippen LogP) is 3.69. The largest absolute Gasteiger partial charge is 0.330 e. The number of hydrogen-bond acceptors (Lipinski definition) is 2. The van der Waals surface area contributed by atoms with E-state index in [2.05, 4.69) is 60.7 Å². The highest BCUT2D eigenvalue weighted by Gasteiger charge is 2.25. The monoisotopic (exact) mass is 296 g/mol. The summed E-state index contributed by atoms with van der Waals surface area (Å²) in [6.45, 7) is 0.773. The first-order valence-corrected chi connectivity index (χ1v) is 8.29. The van der Waals surface area contributed by atoms with Crippen molar-refractivity contribution in [3.8, 4) is 0 Å². The summed E-state index contributed by atoms with van der Waals surface area (Å²) in [5.74, 6) is 0. The Bertz CT molecular complexity index is 480. The molecule has 0 aromatic heterocycles. The van der Waals surface area contributed by atoms with Gasteiger partial charge >= 0.3 is 0 Å². The zero-order chi connectivity index (χ0) is 15.7. The summed E-state index contributed by atoms with van der Waals surface area (Å²) in [5.41, 5.74) is 14.9. The molecule has 2 aromatic carbocycles. The lowest BCUT2D eigenvalue weighted by Crippen LogP contribution is -2.44. The van der Waals surface area contributed by atoms with Crippen molar-refractivity contribution in [3.63, 3.8) is 0 Å². The Hall–Kier alpha value is -1.64. The minimum Gasteiger partial charge on any atom is -0.330 e. The van der Waals surface area contributed by atoms with Gasteiger partial charge in [0.25, 0.3) is 0 Å². The molecule has 0 unspecified atom stereocenters. The molecule has 0 amide bonds. The third-order valence-corrected chi connectivity index (χ3v) is 4.18. The first kappa shape index (κ1) is 16.7. The average Bonchev–Trinajstić information content (AvgIpc) is 2.53. The fourth-order valence-electron chi connectivity index (χ4n) is 3.04. The molecular weight excluding hydrogens is 268 g/mol. The first-order chi connectivity index (χ1) is 10.7. The minimum atomic E-state index is -0.183. The van der Waals surface area contributed by atoms with E-state index in [0.717, 1.165) is 38.6 Å². The molecule has 0 radical (unpaired) electrons. The molecule has 2 nitrogen and oxygen atoms in total. The van der Waals surface area contributed by atoms with Crippen molar-refractivity contribution in [1.82, 2.24) is 0 Å². The summed E-state index contributed by atoms with van der Waals surface area (Å²) >= 11 is 0. The van der Waals surface area contributed by atoms with E-state index in [1.807, 2.05) is 0 Å². The van der Waals surface area contributed by atoms with E-state index in [-0.39, 0.29) is 5.54 Å². The Morgan fingerprint density at radius 3 is 1.64 bits per heavy atom. The van der Waals surface area contributed by atoms with Gasteiger partial charge in [-0.3, -0.25) is 0 Å². The second-order valence-electron chi connectivity index (χ2n) is 6.29. The fraction of sp³-hybridized carbons (Fsp3) is 0.400. The van der Waals surface area contributed by atoms with E-state index >= 15 is 0 Å². The number of rotatable bonds is 9. The average molecular weight is 296 g/mol. The minimum absolute atomic E-state index is 0.183. The van der Waals surface area contributed by atoms with Gasteiger partial charge in [-0.1, -0.05) is 73.5 Å². The maximum Gasteiger partial charge on any atom is 0.0235 e. The molecule has 4 N–H and O–H groups in total. The van der Waals surface area contributed by atoms with Crippen LogP contribution in [0, 0.1) is 0 Å². The van der Waals surface area contributed by atoms with Crippen LogP contribution in [-0.2, 0) is 12.8 Å². The standard InChI is InChI=1S/C20H28N2/c21-15-9-3-8-14-20(22,16-18-10-4-1-5-11-18)17-19-12-6-2-7-13-19/h1-2,4-7,10-13H,3,8-9,14-17,21-22H2. The van der Waals surface area contributed by atoms with Crippen LogP contribution in [0.4, 0.5) is 0 Å². The van der Waals surface area contributed by atoms with Crippen LogP contribution in [0.15, 0.2) is 60.7 Å². The van der Waals surface area contributed by atoms with Crippen molar-refractivity contribution < 1.29 is 0 Å². The third kappa shape index (κ3) is 5.63. The smallest absolute Gasteiger partial charge is 0.0235 e. The SMILES string of the molecule is NCCCCCC(N)(Cc1ccccc1)Cc1ccccc1. The summed E-state index contributed by atoms with van der Waals surface area (Å²) in [4.78, 5) is 0. The Morgan fingerprint density at radius 2 is 1.18 bits per heavy atom. The van der Waals surface area contributed by atoms with Crippen LogP contribution in [0.2, 0.25) is 0 Å². The Balaban J connectivity index is 2.05. The van der Waals surface area contributed by atoms with E-state index < -0.39 is 0 Å². The number of unbranched alkanes of at least 4 members (excludes halogenated alkanes) is 2. The summed E-state index contributed by atoms with van der Waals surface area (Å²) in [5, 5.41) is 0. The van der Waals surface area contributed by atoms with Gasteiger partial charge in [-0.2, -0.15) is 0 Å². The first-order valence-electron chi connectivity index (χ1n) is 8.29. The number of hydrogen-bond donors (Lipinski definition) is 2. The highest BCUT2D eigenvalue weighted by molar-refractivity contribution is 5.22. The van der Waals surface area contributed by atoms with Crippen LogP contribution in [0.25, 0.3) is 0 Å². The van der Waals surface area contributed by atoms with Gasteiger partial charge in [-0.25, -0.2) is 0 Å². The third-order valence-electron chi connectivity index (χ3n) is 4.18. The van der Waals surface area contributed by atoms with Crippen LogP contribution >= 0.6 is 0 Å². The highest BCUT2D eigenvalue weighted by Crippen LogP contribution is 2.23. The molecule has 0 saturated heterocycles. The van der Waals surface area contributed by atoms with Gasteiger partial charge in [0.1, 0.15) is 0 Å². The molecule has 0 aliphatic rings. The van der Waals surface area contributed by atoms with Gasteiger partial charge < -0.3 is 11.5 Å². The van der Waals surface area contributed by atoms with E-state index in [4.69, 9.17) is 11.5 Å². The molecule has 2 aromatic rings. The van der Waals surface area contributed by atoms with Crippen molar-refractivity contribution in [2.24, 2.45) is 11.5 Å². The fourth-order valence-corrected chi connectivity index (χ4v) is 3.04. The number of benzene rings is 2. The van der Waals surface area contributed by atoms with Crippen LogP contribution in [-0.4, -0.2) is 12.1 Å². The molecular formula is C20H28N2. The van der Waals surface area contributed by atoms with Gasteiger partial charge in [-0.15, -0.1) is 0 Å². The van der Waals surface area contributed by atoms with E-state index in [1.165, 1.54) is 17.5 Å². The van der Waals surface area contributed by atoms with Crippen molar-refractivity contribution >= 4 is 0 Å². The highest BCUT2D eigenvalue weighted by atomic mass is 14.7. The summed E-state index contributed by atoms with van der Waals surface area (Å²) < 4.78 is 0. The van der Waals surface area contributed by atoms with Gasteiger partial charge in [0.2, 0.25) is 0 Å². The summed E-state index contributed by atoms with van der Waals surface area (Å²) in [6.07, 6.45) is 6.28. The van der Waals surface area contributed by atoms with Crippen molar-refractivity contribution in [2.75, 3.05) is 6.54 Å². The van der Waals surface area contributed by atoms with Crippen LogP contribution in [0.1, 0.15) is 36.8 Å². The zero-order valence-corrected chi connectivity index (χ0v) is 13.4. The van der Waals surface area contributed by atoms with Crippen LogP contribution in [0.3, 0.4) is 0 Å². The summed E-state index contributed by atoms with van der Waals surface area (Å²) in [7, 11) is 0. The molecule has 0 bridgehead atoms. The molecule has 0 aliphatic carbocycles. The van der Waals surface area contributed by atoms with E-state index in [1.54, 1.807) is 0 Å². The van der Waals surface area contributed by atoms with E-state index in [9.17, 15) is 0 Å². The quantitative estimate of drug-likeness (QED) is 0.693. The Labute approximate surface area is 134 Å². The lowest BCUT2D eigenvalue weighted by Gasteiger charge is -2.30. The number of nitrogens with two attached hydrogens (primary N) is 2. The Kier molecular flexibility index (Phi) is 6.63. The van der Waals surface area contributed by atoms with Crippen LogP contribution in [0.5, 0.6) is 0 Å². The van der Waals surface area contributed by atoms with Gasteiger partial charge in [0.05, 0.1) is 0 Å². The molecule has 2 rings (SSSR count). The summed E-state index contributed by atoms with van der Waals surface area (Å²) in [6, 6.07) is 21.2. The Morgan fingerprint density at radius 1 is 0.682 bits per heavy atom. The molecule has 0 atom stereocenters. The normalized spacial score (nSPS) is 11.5. The molecule has 0 saturated carbocycles. The molecule has 0 spiro atoms. The van der Waals surface area contributed by atoms with Crippen molar-refractivity contribution in [3.05, 3.63) is 71.8 Å². The van der Waals surface area contributed by atoms with Gasteiger partial charge in [0.15, 0.2) is 0 Å². The van der Waals surface area contributed by atoms with Gasteiger partial charge in [0, 0.05) is 5.54 Å². The van der Waals surface area contributed by atoms with Crippen LogP contribution < -0.4 is 11.5 Å². The van der Waals surface area contributed by atoms with E-state index in [0.29, 0.717) is 0 Å². The maximum absolute atomic E-state index is 6.81. The maximum atomic E-state index is 6.81. The molecule has 118 valence electrons. The predicted molar refractivity (Wildman–Crippen MR) is 94.7 cm³/mol. The van der Waals surface area contributed by atoms with Crippen molar-refractivity contribution in [1.29, 1.82) is 0 Å².